The van der Waals surface area contributed by atoms with Crippen LogP contribution >= 0.6 is 0 Å². The van der Waals surface area contributed by atoms with Crippen molar-refractivity contribution in [2.75, 3.05) is 5.01 Å². The Morgan fingerprint density at radius 1 is 0.750 bits per heavy atom. The van der Waals surface area contributed by atoms with E-state index in [0.29, 0.717) is 0 Å². The highest BCUT2D eigenvalue weighted by atomic mass is 15.5. The van der Waals surface area contributed by atoms with E-state index in [2.05, 4.69) is 90.5 Å². The third kappa shape index (κ3) is 4.19. The van der Waals surface area contributed by atoms with Crippen molar-refractivity contribution in [1.29, 1.82) is 0 Å². The Morgan fingerprint density at radius 3 is 2.09 bits per heavy atom. The number of anilines is 2. The molecule has 0 fully saturated rings. The lowest BCUT2D eigenvalue weighted by atomic mass is 10.1. The summed E-state index contributed by atoms with van der Waals surface area (Å²) in [6.45, 7) is 2.97. The Morgan fingerprint density at radius 2 is 1.41 bits per heavy atom. The Balaban J connectivity index is 1.54. The second-order valence-corrected chi connectivity index (χ2v) is 7.95. The van der Waals surface area contributed by atoms with Crippen molar-refractivity contribution < 1.29 is 0 Å². The van der Waals surface area contributed by atoms with Crippen molar-refractivity contribution in [2.24, 2.45) is 5.10 Å². The number of benzene rings is 4. The van der Waals surface area contributed by atoms with Crippen molar-refractivity contribution in [1.82, 2.24) is 4.57 Å². The predicted molar refractivity (Wildman–Crippen MR) is 135 cm³/mol. The minimum absolute atomic E-state index is 0.830. The van der Waals surface area contributed by atoms with Gasteiger partial charge in [-0.3, -0.25) is 0 Å². The first-order valence-electron chi connectivity index (χ1n) is 10.9. The Labute approximate surface area is 188 Å². The molecule has 0 bridgehead atoms. The summed E-state index contributed by atoms with van der Waals surface area (Å²) < 4.78 is 2.31. The molecule has 0 saturated heterocycles. The van der Waals surface area contributed by atoms with Crippen molar-refractivity contribution in [3.05, 3.63) is 132 Å². The highest BCUT2D eigenvalue weighted by Gasteiger charge is 2.10. The van der Waals surface area contributed by atoms with E-state index in [9.17, 15) is 0 Å². The molecule has 0 aliphatic heterocycles. The highest BCUT2D eigenvalue weighted by Crippen LogP contribution is 2.26. The van der Waals surface area contributed by atoms with Crippen LogP contribution < -0.4 is 5.01 Å². The normalized spacial score (nSPS) is 11.3. The van der Waals surface area contributed by atoms with Crippen molar-refractivity contribution >= 4 is 28.5 Å². The number of fused-ring (bicyclic) bond motifs is 1. The summed E-state index contributed by atoms with van der Waals surface area (Å²) in [5, 5.41) is 8.09. The van der Waals surface area contributed by atoms with Gasteiger partial charge in [0.2, 0.25) is 0 Å². The van der Waals surface area contributed by atoms with Crippen LogP contribution in [-0.2, 0) is 6.54 Å². The number of hydrogen-bond acceptors (Lipinski definition) is 2. The molecule has 1 aromatic heterocycles. The third-order valence-corrected chi connectivity index (χ3v) is 5.57. The molecule has 3 nitrogen and oxygen atoms in total. The van der Waals surface area contributed by atoms with Crippen molar-refractivity contribution in [2.45, 2.75) is 13.5 Å². The summed E-state index contributed by atoms with van der Waals surface area (Å²) in [5.74, 6) is 0. The maximum atomic E-state index is 4.91. The average Bonchev–Trinajstić information content (AvgIpc) is 3.18. The van der Waals surface area contributed by atoms with Gasteiger partial charge in [0.15, 0.2) is 0 Å². The van der Waals surface area contributed by atoms with E-state index in [1.165, 1.54) is 22.0 Å². The molecule has 0 spiro atoms. The van der Waals surface area contributed by atoms with Gasteiger partial charge < -0.3 is 4.57 Å². The SMILES string of the molecule is Cc1cccc(Cn2cc(/C=N\N(c3ccccc3)c3ccccc3)c3ccccc32)c1. The molecule has 5 rings (SSSR count). The van der Waals surface area contributed by atoms with Gasteiger partial charge in [0.1, 0.15) is 0 Å². The van der Waals surface area contributed by atoms with E-state index in [1.807, 2.05) is 47.6 Å². The smallest absolute Gasteiger partial charge is 0.0652 e. The lowest BCUT2D eigenvalue weighted by Crippen LogP contribution is -2.09. The Bertz CT molecular complexity index is 1310. The number of para-hydroxylation sites is 3. The zero-order valence-corrected chi connectivity index (χ0v) is 18.1. The van der Waals surface area contributed by atoms with E-state index >= 15 is 0 Å². The first-order valence-corrected chi connectivity index (χ1v) is 10.9. The van der Waals surface area contributed by atoms with Crippen molar-refractivity contribution in [3.8, 4) is 0 Å². The molecule has 156 valence electrons. The Kier molecular flexibility index (Phi) is 5.54. The summed E-state index contributed by atoms with van der Waals surface area (Å²) in [4.78, 5) is 0. The topological polar surface area (TPSA) is 20.5 Å². The maximum Gasteiger partial charge on any atom is 0.0652 e. The molecule has 32 heavy (non-hydrogen) atoms. The van der Waals surface area contributed by atoms with Crippen LogP contribution in [0.15, 0.2) is 120 Å². The maximum absolute atomic E-state index is 4.91. The van der Waals surface area contributed by atoms with Gasteiger partial charge in [0, 0.05) is 29.2 Å². The minimum atomic E-state index is 0.830. The van der Waals surface area contributed by atoms with Gasteiger partial charge in [0.05, 0.1) is 17.6 Å². The van der Waals surface area contributed by atoms with Crippen LogP contribution in [0, 0.1) is 6.92 Å². The molecule has 1 heterocycles. The number of aromatic nitrogens is 1. The first-order chi connectivity index (χ1) is 15.8. The van der Waals surface area contributed by atoms with Gasteiger partial charge in [-0.2, -0.15) is 5.10 Å². The molecule has 0 unspecified atom stereocenters. The van der Waals surface area contributed by atoms with Crippen LogP contribution in [0.3, 0.4) is 0 Å². The second-order valence-electron chi connectivity index (χ2n) is 7.95. The molecule has 4 aromatic carbocycles. The first kappa shape index (κ1) is 19.8. The minimum Gasteiger partial charge on any atom is -0.342 e. The zero-order valence-electron chi connectivity index (χ0n) is 18.1. The highest BCUT2D eigenvalue weighted by molar-refractivity contribution is 6.00. The standard InChI is InChI=1S/C29H25N3/c1-23-11-10-12-24(19-23)21-31-22-25(28-17-8-9-18-29(28)31)20-30-32(26-13-4-2-5-14-26)27-15-6-3-7-16-27/h2-20,22H,21H2,1H3/b30-20-. The quantitative estimate of drug-likeness (QED) is 0.213. The fourth-order valence-corrected chi connectivity index (χ4v) is 4.06. The summed E-state index contributed by atoms with van der Waals surface area (Å²) in [6, 6.07) is 37.7. The van der Waals surface area contributed by atoms with E-state index in [0.717, 1.165) is 23.5 Å². The van der Waals surface area contributed by atoms with E-state index < -0.39 is 0 Å². The van der Waals surface area contributed by atoms with Gasteiger partial charge >= 0.3 is 0 Å². The number of hydrogen-bond donors (Lipinski definition) is 0. The summed E-state index contributed by atoms with van der Waals surface area (Å²) in [5.41, 5.74) is 6.94. The van der Waals surface area contributed by atoms with Crippen molar-refractivity contribution in [3.63, 3.8) is 0 Å². The van der Waals surface area contributed by atoms with E-state index in [4.69, 9.17) is 5.10 Å². The predicted octanol–water partition coefficient (Wildman–Crippen LogP) is 7.17. The van der Waals surface area contributed by atoms with Gasteiger partial charge in [-0.1, -0.05) is 84.4 Å². The lowest BCUT2D eigenvalue weighted by molar-refractivity contribution is 0.835. The van der Waals surface area contributed by atoms with Gasteiger partial charge in [-0.15, -0.1) is 0 Å². The number of aryl methyl sites for hydroxylation is 1. The zero-order chi connectivity index (χ0) is 21.8. The molecular formula is C29H25N3. The Hall–Kier alpha value is -4.11. The molecule has 0 aliphatic rings. The van der Waals surface area contributed by atoms with Crippen LogP contribution in [-0.4, -0.2) is 10.8 Å². The average molecular weight is 416 g/mol. The monoisotopic (exact) mass is 415 g/mol. The van der Waals surface area contributed by atoms with Gasteiger partial charge in [-0.25, -0.2) is 5.01 Å². The lowest BCUT2D eigenvalue weighted by Gasteiger charge is -2.19. The second kappa shape index (κ2) is 8.94. The summed E-state index contributed by atoms with van der Waals surface area (Å²) in [7, 11) is 0. The molecule has 3 heteroatoms. The molecule has 0 aliphatic carbocycles. The molecule has 0 amide bonds. The number of rotatable bonds is 6. The third-order valence-electron chi connectivity index (χ3n) is 5.57. The van der Waals surface area contributed by atoms with Crippen LogP contribution in [0.4, 0.5) is 11.4 Å². The van der Waals surface area contributed by atoms with E-state index in [-0.39, 0.29) is 0 Å². The van der Waals surface area contributed by atoms with Gasteiger partial charge in [-0.05, 0) is 42.8 Å². The van der Waals surface area contributed by atoms with Crippen LogP contribution in [0.25, 0.3) is 10.9 Å². The van der Waals surface area contributed by atoms with Gasteiger partial charge in [0.25, 0.3) is 0 Å². The molecular weight excluding hydrogens is 390 g/mol. The summed E-state index contributed by atoms with van der Waals surface area (Å²) >= 11 is 0. The molecule has 5 aromatic rings. The molecule has 0 radical (unpaired) electrons. The molecule has 0 N–H and O–H groups in total. The fraction of sp³-hybridized carbons (Fsp3) is 0.0690. The van der Waals surface area contributed by atoms with Crippen LogP contribution in [0.1, 0.15) is 16.7 Å². The largest absolute Gasteiger partial charge is 0.342 e. The summed E-state index contributed by atoms with van der Waals surface area (Å²) in [6.07, 6.45) is 4.17. The van der Waals surface area contributed by atoms with Crippen LogP contribution in [0.2, 0.25) is 0 Å². The van der Waals surface area contributed by atoms with Crippen LogP contribution in [0.5, 0.6) is 0 Å². The fourth-order valence-electron chi connectivity index (χ4n) is 4.06. The number of hydrazone groups is 1. The molecule has 0 atom stereocenters. The number of nitrogens with zero attached hydrogens (tertiary/aromatic N) is 3. The molecule has 0 saturated carbocycles. The van der Waals surface area contributed by atoms with E-state index in [1.54, 1.807) is 0 Å².